The molecule has 1 aromatic carbocycles. The zero-order chi connectivity index (χ0) is 21.7. The number of carbonyl (C=O) groups is 3. The zero-order valence-electron chi connectivity index (χ0n) is 17.5. The van der Waals surface area contributed by atoms with Crippen LogP contribution in [0.3, 0.4) is 0 Å². The Kier molecular flexibility index (Phi) is 6.97. The highest BCUT2D eigenvalue weighted by atomic mass is 16.7. The molecule has 0 aliphatic carbocycles. The van der Waals surface area contributed by atoms with E-state index >= 15 is 0 Å². The average Bonchev–Trinajstić information content (AvgIpc) is 3.23. The summed E-state index contributed by atoms with van der Waals surface area (Å²) in [5.74, 6) is 0.489. The summed E-state index contributed by atoms with van der Waals surface area (Å²) < 4.78 is 10.6. The van der Waals surface area contributed by atoms with Crippen molar-refractivity contribution in [2.75, 3.05) is 26.4 Å². The van der Waals surface area contributed by atoms with Crippen LogP contribution in [0.25, 0.3) is 0 Å². The van der Waals surface area contributed by atoms with Crippen molar-refractivity contribution in [1.29, 1.82) is 0 Å². The molecular weight excluding hydrogens is 386 g/mol. The molecule has 8 heteroatoms. The SMILES string of the molecule is C=CCNC(=O)C(NC(=O)c1ccc2c(c1)OCO2)C1CCN(C(=O)C(C)C)CC1. The Morgan fingerprint density at radius 3 is 2.57 bits per heavy atom. The van der Waals surface area contributed by atoms with Crippen molar-refractivity contribution in [3.05, 3.63) is 36.4 Å². The fourth-order valence-electron chi connectivity index (χ4n) is 3.76. The van der Waals surface area contributed by atoms with Crippen LogP contribution in [0, 0.1) is 11.8 Å². The predicted octanol–water partition coefficient (Wildman–Crippen LogP) is 1.71. The van der Waals surface area contributed by atoms with Gasteiger partial charge in [0.05, 0.1) is 0 Å². The smallest absolute Gasteiger partial charge is 0.252 e. The van der Waals surface area contributed by atoms with Crippen molar-refractivity contribution in [3.63, 3.8) is 0 Å². The first-order valence-corrected chi connectivity index (χ1v) is 10.3. The fraction of sp³-hybridized carbons (Fsp3) is 0.500. The molecule has 2 N–H and O–H groups in total. The summed E-state index contributed by atoms with van der Waals surface area (Å²) in [6.07, 6.45) is 2.89. The molecule has 0 spiro atoms. The van der Waals surface area contributed by atoms with E-state index in [1.165, 1.54) is 0 Å². The number of nitrogens with zero attached hydrogens (tertiary/aromatic N) is 1. The largest absolute Gasteiger partial charge is 0.454 e. The van der Waals surface area contributed by atoms with E-state index in [-0.39, 0.29) is 36.4 Å². The number of rotatable bonds is 7. The van der Waals surface area contributed by atoms with E-state index in [1.807, 2.05) is 18.7 Å². The Labute approximate surface area is 176 Å². The van der Waals surface area contributed by atoms with Crippen LogP contribution in [-0.4, -0.2) is 55.1 Å². The summed E-state index contributed by atoms with van der Waals surface area (Å²) in [7, 11) is 0. The molecule has 1 unspecified atom stereocenters. The third-order valence-electron chi connectivity index (χ3n) is 5.44. The molecule has 8 nitrogen and oxygen atoms in total. The minimum atomic E-state index is -0.695. The van der Waals surface area contributed by atoms with E-state index in [0.717, 1.165) is 0 Å². The van der Waals surface area contributed by atoms with Gasteiger partial charge in [-0.1, -0.05) is 19.9 Å². The maximum Gasteiger partial charge on any atom is 0.252 e. The van der Waals surface area contributed by atoms with E-state index in [4.69, 9.17) is 9.47 Å². The van der Waals surface area contributed by atoms with Gasteiger partial charge in [0.2, 0.25) is 18.6 Å². The number of ether oxygens (including phenoxy) is 2. The Hall–Kier alpha value is -3.03. The Balaban J connectivity index is 1.70. The molecule has 3 amide bonds. The number of hydrogen-bond acceptors (Lipinski definition) is 5. The van der Waals surface area contributed by atoms with Crippen LogP contribution in [0.5, 0.6) is 11.5 Å². The van der Waals surface area contributed by atoms with Crippen molar-refractivity contribution in [1.82, 2.24) is 15.5 Å². The zero-order valence-corrected chi connectivity index (χ0v) is 17.5. The third-order valence-corrected chi connectivity index (χ3v) is 5.44. The molecule has 162 valence electrons. The van der Waals surface area contributed by atoms with Gasteiger partial charge in [-0.25, -0.2) is 0 Å². The van der Waals surface area contributed by atoms with Crippen molar-refractivity contribution in [3.8, 4) is 11.5 Å². The molecule has 2 heterocycles. The second kappa shape index (κ2) is 9.65. The molecule has 0 bridgehead atoms. The van der Waals surface area contributed by atoms with Crippen LogP contribution < -0.4 is 20.1 Å². The minimum absolute atomic E-state index is 0.0565. The Morgan fingerprint density at radius 1 is 1.20 bits per heavy atom. The molecule has 2 aliphatic rings. The van der Waals surface area contributed by atoms with Gasteiger partial charge < -0.3 is 25.0 Å². The van der Waals surface area contributed by atoms with E-state index in [9.17, 15) is 14.4 Å². The molecule has 0 saturated carbocycles. The van der Waals surface area contributed by atoms with Crippen molar-refractivity contribution in [2.24, 2.45) is 11.8 Å². The van der Waals surface area contributed by atoms with Gasteiger partial charge in [-0.15, -0.1) is 6.58 Å². The number of benzene rings is 1. The maximum absolute atomic E-state index is 12.9. The van der Waals surface area contributed by atoms with Crippen LogP contribution in [-0.2, 0) is 9.59 Å². The van der Waals surface area contributed by atoms with Gasteiger partial charge in [-0.2, -0.15) is 0 Å². The molecule has 0 aromatic heterocycles. The summed E-state index contributed by atoms with van der Waals surface area (Å²) >= 11 is 0. The van der Waals surface area contributed by atoms with Gasteiger partial charge in [0.1, 0.15) is 6.04 Å². The normalized spacial score (nSPS) is 16.8. The average molecular weight is 415 g/mol. The second-order valence-electron chi connectivity index (χ2n) is 7.87. The van der Waals surface area contributed by atoms with E-state index < -0.39 is 6.04 Å². The highest BCUT2D eigenvalue weighted by Gasteiger charge is 2.34. The lowest BCUT2D eigenvalue weighted by Crippen LogP contribution is -2.54. The van der Waals surface area contributed by atoms with Crippen LogP contribution in [0.1, 0.15) is 37.0 Å². The van der Waals surface area contributed by atoms with Crippen LogP contribution in [0.4, 0.5) is 0 Å². The lowest BCUT2D eigenvalue weighted by molar-refractivity contribution is -0.136. The lowest BCUT2D eigenvalue weighted by Gasteiger charge is -2.36. The molecule has 1 fully saturated rings. The summed E-state index contributed by atoms with van der Waals surface area (Å²) in [5.41, 5.74) is 0.396. The van der Waals surface area contributed by atoms with Gasteiger partial charge >= 0.3 is 0 Å². The van der Waals surface area contributed by atoms with Crippen molar-refractivity contribution in [2.45, 2.75) is 32.7 Å². The van der Waals surface area contributed by atoms with Crippen LogP contribution in [0.15, 0.2) is 30.9 Å². The monoisotopic (exact) mass is 415 g/mol. The predicted molar refractivity (Wildman–Crippen MR) is 111 cm³/mol. The van der Waals surface area contributed by atoms with E-state index in [2.05, 4.69) is 17.2 Å². The summed E-state index contributed by atoms with van der Waals surface area (Å²) in [6, 6.07) is 4.24. The van der Waals surface area contributed by atoms with Crippen LogP contribution >= 0.6 is 0 Å². The van der Waals surface area contributed by atoms with Crippen LogP contribution in [0.2, 0.25) is 0 Å². The Morgan fingerprint density at radius 2 is 1.90 bits per heavy atom. The first kappa shape index (κ1) is 21.7. The lowest BCUT2D eigenvalue weighted by atomic mass is 9.88. The molecular formula is C22H29N3O5. The summed E-state index contributed by atoms with van der Waals surface area (Å²) in [5, 5.41) is 5.67. The molecule has 30 heavy (non-hydrogen) atoms. The molecule has 1 aromatic rings. The number of piperidine rings is 1. The highest BCUT2D eigenvalue weighted by molar-refractivity contribution is 5.98. The fourth-order valence-corrected chi connectivity index (χ4v) is 3.76. The number of carbonyl (C=O) groups excluding carboxylic acids is 3. The second-order valence-corrected chi connectivity index (χ2v) is 7.87. The van der Waals surface area contributed by atoms with Gasteiger partial charge in [0.15, 0.2) is 11.5 Å². The molecule has 0 radical (unpaired) electrons. The molecule has 3 rings (SSSR count). The first-order valence-electron chi connectivity index (χ1n) is 10.3. The maximum atomic E-state index is 12.9. The molecule has 2 aliphatic heterocycles. The van der Waals surface area contributed by atoms with E-state index in [0.29, 0.717) is 49.5 Å². The topological polar surface area (TPSA) is 97.0 Å². The summed E-state index contributed by atoms with van der Waals surface area (Å²) in [4.78, 5) is 39.7. The Bertz CT molecular complexity index is 815. The van der Waals surface area contributed by atoms with Gasteiger partial charge in [-0.05, 0) is 37.0 Å². The molecule has 1 saturated heterocycles. The van der Waals surface area contributed by atoms with Gasteiger partial charge in [0, 0.05) is 31.1 Å². The number of amides is 3. The van der Waals surface area contributed by atoms with E-state index in [1.54, 1.807) is 24.3 Å². The highest BCUT2D eigenvalue weighted by Crippen LogP contribution is 2.32. The molecule has 1 atom stereocenters. The number of nitrogens with one attached hydrogen (secondary N) is 2. The summed E-state index contributed by atoms with van der Waals surface area (Å²) in [6.45, 7) is 8.98. The van der Waals surface area contributed by atoms with Crippen molar-refractivity contribution < 1.29 is 23.9 Å². The van der Waals surface area contributed by atoms with Gasteiger partial charge in [0.25, 0.3) is 5.91 Å². The minimum Gasteiger partial charge on any atom is -0.454 e. The quantitative estimate of drug-likeness (QED) is 0.661. The standard InChI is InChI=1S/C22H29N3O5/c1-4-9-23-21(27)19(15-7-10-25(11-8-15)22(28)14(2)3)24-20(26)16-5-6-17-18(12-16)30-13-29-17/h4-6,12,14-15,19H,1,7-11,13H2,2-3H3,(H,23,27)(H,24,26). The third kappa shape index (κ3) is 4.93. The van der Waals surface area contributed by atoms with Gasteiger partial charge in [-0.3, -0.25) is 14.4 Å². The number of fused-ring (bicyclic) bond motifs is 1. The first-order chi connectivity index (χ1) is 14.4. The number of likely N-dealkylation sites (tertiary alicyclic amines) is 1. The number of hydrogen-bond donors (Lipinski definition) is 2. The van der Waals surface area contributed by atoms with Crippen molar-refractivity contribution >= 4 is 17.7 Å².